The van der Waals surface area contributed by atoms with Crippen LogP contribution in [0.15, 0.2) is 30.3 Å². The van der Waals surface area contributed by atoms with Gasteiger partial charge in [-0.2, -0.15) is 31.5 Å². The minimum atomic E-state index is -0.826. The minimum Gasteiger partial charge on any atom is -0.214 e. The quantitative estimate of drug-likeness (QED) is 0.670. The van der Waals surface area contributed by atoms with Gasteiger partial charge in [0, 0.05) is 0 Å². The molecule has 0 atom stereocenters. The summed E-state index contributed by atoms with van der Waals surface area (Å²) in [6.45, 7) is 4.18. The Morgan fingerprint density at radius 2 is 1.67 bits per heavy atom. The normalized spacial score (nSPS) is 6.67. The Balaban J connectivity index is 0. The molecule has 3 heteroatoms. The maximum absolute atomic E-state index is 4.93. The third kappa shape index (κ3) is 22.4. The van der Waals surface area contributed by atoms with Gasteiger partial charge in [0.05, 0.1) is 0 Å². The van der Waals surface area contributed by atoms with Crippen molar-refractivity contribution in [1.82, 2.24) is 0 Å². The number of hydrogen-bond acceptors (Lipinski definition) is 0. The van der Waals surface area contributed by atoms with Crippen LogP contribution in [0, 0.1) is 6.42 Å². The number of unbranched alkanes of at least 4 members (excludes halogenated alkanes) is 1. The van der Waals surface area contributed by atoms with Crippen LogP contribution in [-0.4, -0.2) is 0 Å². The van der Waals surface area contributed by atoms with Crippen LogP contribution in [0.5, 0.6) is 0 Å². The molecule has 12 heavy (non-hydrogen) atoms. The van der Waals surface area contributed by atoms with E-state index in [1.54, 1.807) is 0 Å². The summed E-state index contributed by atoms with van der Waals surface area (Å²) < 4.78 is 0. The van der Waals surface area contributed by atoms with Crippen molar-refractivity contribution in [2.75, 3.05) is 0 Å². The van der Waals surface area contributed by atoms with E-state index in [9.17, 15) is 0 Å². The van der Waals surface area contributed by atoms with Crippen molar-refractivity contribution in [2.24, 2.45) is 0 Å². The third-order valence-electron chi connectivity index (χ3n) is 0.964. The van der Waals surface area contributed by atoms with Gasteiger partial charge >= 0.3 is 37.9 Å². The monoisotopic (exact) mass is 282 g/mol. The SMILES string of the molecule is C[CH-]CC.[Cl][Zr+2][Cl].c1cc[cH-]c1. The van der Waals surface area contributed by atoms with Crippen LogP contribution in [-0.2, 0) is 20.8 Å². The molecule has 0 aliphatic carbocycles. The fraction of sp³-hybridized carbons (Fsp3) is 0.333. The van der Waals surface area contributed by atoms with Crippen LogP contribution in [0.3, 0.4) is 0 Å². The van der Waals surface area contributed by atoms with Crippen molar-refractivity contribution < 1.29 is 20.8 Å². The molecule has 0 spiro atoms. The maximum atomic E-state index is 4.93. The molecule has 0 aromatic heterocycles. The van der Waals surface area contributed by atoms with Gasteiger partial charge in [0.25, 0.3) is 0 Å². The zero-order valence-corrected chi connectivity index (χ0v) is 11.4. The van der Waals surface area contributed by atoms with Crippen molar-refractivity contribution in [1.29, 1.82) is 0 Å². The molecule has 0 saturated heterocycles. The smallest absolute Gasteiger partial charge is 0.172 e. The molecule has 1 rings (SSSR count). The Morgan fingerprint density at radius 3 is 1.75 bits per heavy atom. The van der Waals surface area contributed by atoms with Gasteiger partial charge in [-0.3, -0.25) is 0 Å². The summed E-state index contributed by atoms with van der Waals surface area (Å²) >= 11 is -0.826. The molecule has 0 aliphatic heterocycles. The molecule has 0 saturated carbocycles. The number of hydrogen-bond donors (Lipinski definition) is 0. The second-order valence-electron chi connectivity index (χ2n) is 1.85. The molecule has 0 aliphatic rings. The van der Waals surface area contributed by atoms with Crippen LogP contribution in [0.2, 0.25) is 0 Å². The van der Waals surface area contributed by atoms with Crippen molar-refractivity contribution in [3.8, 4) is 0 Å². The summed E-state index contributed by atoms with van der Waals surface area (Å²) in [4.78, 5) is 0. The molecular formula is C9H14Cl2Zr. The van der Waals surface area contributed by atoms with Crippen LogP contribution in [0.1, 0.15) is 20.3 Å². The Kier molecular flexibility index (Phi) is 22.7. The zero-order valence-electron chi connectivity index (χ0n) is 7.43. The van der Waals surface area contributed by atoms with E-state index in [0.717, 1.165) is 0 Å². The summed E-state index contributed by atoms with van der Waals surface area (Å²) in [5.41, 5.74) is 0. The molecule has 0 bridgehead atoms. The minimum absolute atomic E-state index is 0.826. The van der Waals surface area contributed by atoms with E-state index in [-0.39, 0.29) is 0 Å². The molecule has 1 aromatic carbocycles. The topological polar surface area (TPSA) is 0 Å². The van der Waals surface area contributed by atoms with Crippen LogP contribution in [0.4, 0.5) is 0 Å². The van der Waals surface area contributed by atoms with Crippen molar-refractivity contribution in [3.05, 3.63) is 36.8 Å². The Bertz CT molecular complexity index is 98.9. The average molecular weight is 284 g/mol. The Labute approximate surface area is 94.3 Å². The summed E-state index contributed by atoms with van der Waals surface area (Å²) in [7, 11) is 9.87. The van der Waals surface area contributed by atoms with E-state index < -0.39 is 20.8 Å². The molecule has 68 valence electrons. The van der Waals surface area contributed by atoms with Crippen molar-refractivity contribution >= 4 is 17.0 Å². The molecule has 1 aromatic rings. The van der Waals surface area contributed by atoms with Gasteiger partial charge in [-0.25, -0.2) is 12.1 Å². The number of halogens is 2. The summed E-state index contributed by atoms with van der Waals surface area (Å²) in [5, 5.41) is 0. The molecule has 0 amide bonds. The second kappa shape index (κ2) is 17.8. The predicted octanol–water partition coefficient (Wildman–Crippen LogP) is 4.40. The fourth-order valence-corrected chi connectivity index (χ4v) is 0.321. The zero-order chi connectivity index (χ0) is 9.66. The van der Waals surface area contributed by atoms with E-state index in [1.165, 1.54) is 6.42 Å². The van der Waals surface area contributed by atoms with E-state index in [1.807, 2.05) is 30.3 Å². The molecule has 0 fully saturated rings. The van der Waals surface area contributed by atoms with Gasteiger partial charge in [-0.15, -0.1) is 0 Å². The second-order valence-corrected chi connectivity index (χ2v) is 5.58. The fourth-order valence-electron chi connectivity index (χ4n) is 0.321. The molecule has 0 nitrogen and oxygen atoms in total. The molecule has 0 unspecified atom stereocenters. The predicted molar refractivity (Wildman–Crippen MR) is 54.0 cm³/mol. The van der Waals surface area contributed by atoms with Gasteiger partial charge in [-0.1, -0.05) is 6.92 Å². The summed E-state index contributed by atoms with van der Waals surface area (Å²) in [5.74, 6) is 0. The molecular weight excluding hydrogens is 270 g/mol. The Hall–Kier alpha value is 0.813. The van der Waals surface area contributed by atoms with Gasteiger partial charge in [-0.05, 0) is 0 Å². The first-order valence-electron chi connectivity index (χ1n) is 3.74. The van der Waals surface area contributed by atoms with Crippen molar-refractivity contribution in [3.63, 3.8) is 0 Å². The standard InChI is InChI=1S/C5H5.C4H9.2ClH.Zr/c1-2-4-5-3-1;1-3-4-2;;;/h1-5H;3H,4H2,1-2H3;2*1H;/q2*-1;;;+4/p-2. The van der Waals surface area contributed by atoms with E-state index in [4.69, 9.17) is 17.0 Å². The van der Waals surface area contributed by atoms with E-state index >= 15 is 0 Å². The molecule has 0 heterocycles. The Morgan fingerprint density at radius 1 is 1.33 bits per heavy atom. The van der Waals surface area contributed by atoms with Crippen LogP contribution in [0.25, 0.3) is 0 Å². The number of rotatable bonds is 1. The van der Waals surface area contributed by atoms with Gasteiger partial charge < -0.3 is 6.42 Å². The van der Waals surface area contributed by atoms with Crippen LogP contribution >= 0.6 is 17.0 Å². The van der Waals surface area contributed by atoms with Gasteiger partial charge in [0.2, 0.25) is 0 Å². The first-order chi connectivity index (χ1) is 5.83. The maximum Gasteiger partial charge on any atom is -0.172 e. The first kappa shape index (κ1) is 15.3. The largest absolute Gasteiger partial charge is 0.214 e. The summed E-state index contributed by atoms with van der Waals surface area (Å²) in [6, 6.07) is 10.0. The van der Waals surface area contributed by atoms with Crippen molar-refractivity contribution in [2.45, 2.75) is 20.3 Å². The van der Waals surface area contributed by atoms with Gasteiger partial charge in [0.1, 0.15) is 0 Å². The first-order valence-corrected chi connectivity index (χ1v) is 10.1. The van der Waals surface area contributed by atoms with Gasteiger partial charge in [0.15, 0.2) is 0 Å². The third-order valence-corrected chi connectivity index (χ3v) is 0.964. The molecule has 0 N–H and O–H groups in total. The molecule has 0 radical (unpaired) electrons. The van der Waals surface area contributed by atoms with Crippen LogP contribution < -0.4 is 0 Å². The van der Waals surface area contributed by atoms with E-state index in [0.29, 0.717) is 0 Å². The van der Waals surface area contributed by atoms with E-state index in [2.05, 4.69) is 20.3 Å². The summed E-state index contributed by atoms with van der Waals surface area (Å²) in [6.07, 6.45) is 3.32. The average Bonchev–Trinajstić information content (AvgIpc) is 2.62.